The number of hydrogen-bond acceptors (Lipinski definition) is 1. The molecule has 3 heteroatoms. The van der Waals surface area contributed by atoms with Crippen LogP contribution in [0.3, 0.4) is 0 Å². The van der Waals surface area contributed by atoms with Crippen LogP contribution in [0, 0.1) is 11.8 Å². The summed E-state index contributed by atoms with van der Waals surface area (Å²) in [5.74, 6) is 1.54. The number of hydrogen-bond donors (Lipinski definition) is 0. The lowest BCUT2D eigenvalue weighted by molar-refractivity contribution is 0.480. The van der Waals surface area contributed by atoms with Crippen molar-refractivity contribution in [2.24, 2.45) is 17.0 Å². The molecule has 2 fully saturated rings. The fourth-order valence-corrected chi connectivity index (χ4v) is 2.19. The minimum Gasteiger partial charge on any atom is -0.0900 e. The maximum Gasteiger partial charge on any atom is 0.0436 e. The van der Waals surface area contributed by atoms with Crippen molar-refractivity contribution in [3.8, 4) is 0 Å². The van der Waals surface area contributed by atoms with Crippen molar-refractivity contribution < 1.29 is 0 Å². The SMILES string of the molecule is [N-]=[N+]=NC1[C@H]2CCCC[C@@H]12. The fourth-order valence-electron chi connectivity index (χ4n) is 2.19. The van der Waals surface area contributed by atoms with Crippen molar-refractivity contribution in [3.63, 3.8) is 0 Å². The van der Waals surface area contributed by atoms with Crippen molar-refractivity contribution in [3.05, 3.63) is 10.4 Å². The van der Waals surface area contributed by atoms with Gasteiger partial charge in [-0.3, -0.25) is 0 Å². The predicted octanol–water partition coefficient (Wildman–Crippen LogP) is 2.49. The Bertz CT molecular complexity index is 171. The minimum absolute atomic E-state index is 0.382. The summed E-state index contributed by atoms with van der Waals surface area (Å²) < 4.78 is 0. The summed E-state index contributed by atoms with van der Waals surface area (Å²) >= 11 is 0. The third-order valence-corrected chi connectivity index (χ3v) is 2.80. The van der Waals surface area contributed by atoms with Crippen LogP contribution in [-0.2, 0) is 0 Å². The average Bonchev–Trinajstić information content (AvgIpc) is 2.66. The van der Waals surface area contributed by atoms with Gasteiger partial charge in [-0.25, -0.2) is 0 Å². The molecule has 0 aromatic rings. The molecule has 0 aromatic heterocycles. The third kappa shape index (κ3) is 0.781. The lowest BCUT2D eigenvalue weighted by atomic mass is 10.0. The number of fused-ring (bicyclic) bond motifs is 1. The molecule has 0 amide bonds. The van der Waals surface area contributed by atoms with Crippen LogP contribution >= 0.6 is 0 Å². The molecule has 0 aliphatic heterocycles. The predicted molar refractivity (Wildman–Crippen MR) is 38.4 cm³/mol. The molecule has 2 aliphatic carbocycles. The molecule has 3 nitrogen and oxygen atoms in total. The third-order valence-electron chi connectivity index (χ3n) is 2.80. The van der Waals surface area contributed by atoms with Gasteiger partial charge in [0.1, 0.15) is 0 Å². The zero-order valence-electron chi connectivity index (χ0n) is 5.90. The summed E-state index contributed by atoms with van der Waals surface area (Å²) in [6.07, 6.45) is 5.29. The molecule has 0 aromatic carbocycles. The molecule has 0 bridgehead atoms. The van der Waals surface area contributed by atoms with E-state index in [-0.39, 0.29) is 0 Å². The van der Waals surface area contributed by atoms with Crippen LogP contribution in [0.5, 0.6) is 0 Å². The normalized spacial score (nSPS) is 43.4. The molecular formula is C7H11N3. The number of rotatable bonds is 1. The molecule has 2 saturated carbocycles. The first-order chi connectivity index (χ1) is 4.93. The molecule has 10 heavy (non-hydrogen) atoms. The van der Waals surface area contributed by atoms with Crippen LogP contribution in [0.25, 0.3) is 10.4 Å². The van der Waals surface area contributed by atoms with Gasteiger partial charge in [0.05, 0.1) is 0 Å². The van der Waals surface area contributed by atoms with E-state index in [4.69, 9.17) is 5.53 Å². The molecular weight excluding hydrogens is 126 g/mol. The molecule has 2 rings (SSSR count). The second-order valence-corrected chi connectivity index (χ2v) is 3.31. The number of nitrogens with zero attached hydrogens (tertiary/aromatic N) is 3. The Morgan fingerprint density at radius 2 is 1.80 bits per heavy atom. The molecule has 3 atom stereocenters. The Kier molecular flexibility index (Phi) is 1.31. The van der Waals surface area contributed by atoms with E-state index in [0.29, 0.717) is 6.04 Å². The van der Waals surface area contributed by atoms with Gasteiger partial charge in [-0.2, -0.15) is 0 Å². The van der Waals surface area contributed by atoms with Crippen LogP contribution in [0.4, 0.5) is 0 Å². The van der Waals surface area contributed by atoms with Gasteiger partial charge in [-0.05, 0) is 30.2 Å². The van der Waals surface area contributed by atoms with Crippen LogP contribution in [0.1, 0.15) is 25.7 Å². The molecule has 1 unspecified atom stereocenters. The van der Waals surface area contributed by atoms with Crippen LogP contribution < -0.4 is 0 Å². The average molecular weight is 137 g/mol. The molecule has 0 saturated heterocycles. The van der Waals surface area contributed by atoms with Crippen LogP contribution in [-0.4, -0.2) is 6.04 Å². The topological polar surface area (TPSA) is 48.8 Å². The monoisotopic (exact) mass is 137 g/mol. The highest BCUT2D eigenvalue weighted by Crippen LogP contribution is 2.51. The summed E-state index contributed by atoms with van der Waals surface area (Å²) in [6, 6.07) is 0.382. The molecule has 0 spiro atoms. The molecule has 54 valence electrons. The minimum atomic E-state index is 0.382. The van der Waals surface area contributed by atoms with E-state index in [0.717, 1.165) is 11.8 Å². The first kappa shape index (κ1) is 6.05. The van der Waals surface area contributed by atoms with Gasteiger partial charge in [0.2, 0.25) is 0 Å². The summed E-state index contributed by atoms with van der Waals surface area (Å²) in [4.78, 5) is 2.85. The van der Waals surface area contributed by atoms with E-state index in [1.54, 1.807) is 0 Å². The van der Waals surface area contributed by atoms with Gasteiger partial charge in [0, 0.05) is 11.0 Å². The summed E-state index contributed by atoms with van der Waals surface area (Å²) in [5, 5.41) is 3.76. The van der Waals surface area contributed by atoms with Crippen molar-refractivity contribution in [2.75, 3.05) is 0 Å². The quantitative estimate of drug-likeness (QED) is 0.303. The Balaban J connectivity index is 1.99. The van der Waals surface area contributed by atoms with E-state index >= 15 is 0 Å². The summed E-state index contributed by atoms with van der Waals surface area (Å²) in [7, 11) is 0. The van der Waals surface area contributed by atoms with Gasteiger partial charge in [0.15, 0.2) is 0 Å². The Morgan fingerprint density at radius 3 is 2.30 bits per heavy atom. The molecule has 2 aliphatic rings. The second kappa shape index (κ2) is 2.17. The first-order valence-corrected chi connectivity index (χ1v) is 3.97. The van der Waals surface area contributed by atoms with E-state index in [2.05, 4.69) is 10.0 Å². The van der Waals surface area contributed by atoms with Crippen molar-refractivity contribution in [1.29, 1.82) is 0 Å². The van der Waals surface area contributed by atoms with E-state index < -0.39 is 0 Å². The highest BCUT2D eigenvalue weighted by atomic mass is 15.2. The van der Waals surface area contributed by atoms with Gasteiger partial charge in [0.25, 0.3) is 0 Å². The highest BCUT2D eigenvalue weighted by molar-refractivity contribution is 5.04. The van der Waals surface area contributed by atoms with Gasteiger partial charge in [-0.15, -0.1) is 0 Å². The van der Waals surface area contributed by atoms with Crippen LogP contribution in [0.2, 0.25) is 0 Å². The molecule has 0 heterocycles. The zero-order valence-corrected chi connectivity index (χ0v) is 5.90. The molecule has 0 N–H and O–H groups in total. The molecule has 0 radical (unpaired) electrons. The smallest absolute Gasteiger partial charge is 0.0436 e. The Hall–Kier alpha value is -0.690. The lowest BCUT2D eigenvalue weighted by Gasteiger charge is -2.04. The van der Waals surface area contributed by atoms with Gasteiger partial charge >= 0.3 is 0 Å². The van der Waals surface area contributed by atoms with E-state index in [1.807, 2.05) is 0 Å². The Morgan fingerprint density at radius 1 is 1.20 bits per heavy atom. The van der Waals surface area contributed by atoms with E-state index in [1.165, 1.54) is 25.7 Å². The van der Waals surface area contributed by atoms with Gasteiger partial charge in [-0.1, -0.05) is 18.0 Å². The summed E-state index contributed by atoms with van der Waals surface area (Å²) in [5.41, 5.74) is 8.18. The Labute approximate surface area is 60.1 Å². The van der Waals surface area contributed by atoms with Crippen molar-refractivity contribution in [1.82, 2.24) is 0 Å². The summed E-state index contributed by atoms with van der Waals surface area (Å²) in [6.45, 7) is 0. The zero-order chi connectivity index (χ0) is 6.97. The van der Waals surface area contributed by atoms with Crippen molar-refractivity contribution in [2.45, 2.75) is 31.7 Å². The standard InChI is InChI=1S/C7H11N3/c8-10-9-7-5-3-1-2-4-6(5)7/h5-7H,1-4H2/t5-,6+,7?. The number of azide groups is 1. The maximum atomic E-state index is 8.18. The largest absolute Gasteiger partial charge is 0.0900 e. The maximum absolute atomic E-state index is 8.18. The lowest BCUT2D eigenvalue weighted by Crippen LogP contribution is -1.91. The van der Waals surface area contributed by atoms with Crippen molar-refractivity contribution >= 4 is 0 Å². The second-order valence-electron chi connectivity index (χ2n) is 3.31. The van der Waals surface area contributed by atoms with Crippen LogP contribution in [0.15, 0.2) is 5.11 Å². The fraction of sp³-hybridized carbons (Fsp3) is 1.00. The van der Waals surface area contributed by atoms with E-state index in [9.17, 15) is 0 Å². The first-order valence-electron chi connectivity index (χ1n) is 3.97. The highest BCUT2D eigenvalue weighted by Gasteiger charge is 2.49. The van der Waals surface area contributed by atoms with Gasteiger partial charge < -0.3 is 0 Å².